The van der Waals surface area contributed by atoms with Crippen LogP contribution in [-0.4, -0.2) is 40.3 Å². The van der Waals surface area contributed by atoms with E-state index in [9.17, 15) is 0 Å². The maximum atomic E-state index is 5.19. The van der Waals surface area contributed by atoms with Gasteiger partial charge in [-0.05, 0) is 375 Å². The number of aromatic nitrogens is 8. The Kier molecular flexibility index (Phi) is 20.8. The molecule has 0 aliphatic rings. The summed E-state index contributed by atoms with van der Waals surface area (Å²) in [6, 6.07) is 108. The Morgan fingerprint density at radius 2 is 0.455 bits per heavy atom. The van der Waals surface area contributed by atoms with E-state index < -0.39 is 0 Å². The zero-order valence-corrected chi connectivity index (χ0v) is 79.6. The van der Waals surface area contributed by atoms with Gasteiger partial charge in [0.2, 0.25) is 0 Å². The molecule has 6 heterocycles. The molecule has 0 aliphatic carbocycles. The standard InChI is InChI=1S/C50H36N2.C42H36N2.C34H34N4/c1-29-13-5-7-15-33(29)43-27-45-35(41-25-31(3)51-47-19-11-9-17-37(41)47)22-24-40-44(34-16-8-6-14-30(34)2)28-46-36(21-23-39(43)49(46)50(40)45)42-26-32(4)52-48-20-12-10-18-38(42)48;1-23(2)35-21-37(39-19-27-11-7-9-13-29(27)25(5)43-39)33-18-16-32-36(24(3)4)22-38(34-17-15-31(35)41(33)42(32)34)40-20-28-12-8-10-14-30(28)26(6)44-40;1-17(2)27-15-31-23(29-13-19(5)35-37-21(29)7)10-12-26-28(18(3)4)16-32-24(9-11-25(27)33(32)34(26)31)30-14-20(6)36-38-22(30)8/h5-28H,1-4H3;7-24H,1-6H3;9-18H,1-8H3. The number of fused-ring (bicyclic) bond motifs is 4. The zero-order chi connectivity index (χ0) is 92.2. The molecular formula is C126H106N8. The molecule has 0 radical (unpaired) electrons. The molecule has 0 unspecified atom stereocenters. The quantitative estimate of drug-likeness (QED) is 0.111. The van der Waals surface area contributed by atoms with Crippen LogP contribution >= 0.6 is 0 Å². The van der Waals surface area contributed by atoms with Gasteiger partial charge in [-0.25, -0.2) is 0 Å². The Labute approximate surface area is 783 Å². The van der Waals surface area contributed by atoms with Crippen LogP contribution in [0.2, 0.25) is 0 Å². The van der Waals surface area contributed by atoms with Gasteiger partial charge in [0.15, 0.2) is 0 Å². The van der Waals surface area contributed by atoms with Crippen LogP contribution < -0.4 is 0 Å². The van der Waals surface area contributed by atoms with Crippen molar-refractivity contribution in [1.82, 2.24) is 40.3 Å². The second-order valence-electron chi connectivity index (χ2n) is 38.7. The van der Waals surface area contributed by atoms with E-state index in [1.165, 1.54) is 229 Å². The van der Waals surface area contributed by atoms with Crippen molar-refractivity contribution >= 4 is 140 Å². The van der Waals surface area contributed by atoms with Gasteiger partial charge >= 0.3 is 0 Å². The Hall–Kier alpha value is -15.1. The summed E-state index contributed by atoms with van der Waals surface area (Å²) in [6.45, 7) is 39.5. The van der Waals surface area contributed by atoms with Gasteiger partial charge in [-0.2, -0.15) is 20.4 Å². The highest BCUT2D eigenvalue weighted by Gasteiger charge is 2.29. The summed E-state index contributed by atoms with van der Waals surface area (Å²) < 4.78 is 0. The molecule has 0 spiro atoms. The molecule has 0 N–H and O–H groups in total. The summed E-state index contributed by atoms with van der Waals surface area (Å²) >= 11 is 0. The second kappa shape index (κ2) is 33.0. The van der Waals surface area contributed by atoms with Crippen LogP contribution in [0.15, 0.2) is 291 Å². The monoisotopic (exact) mass is 1730 g/mol. The molecule has 18 aromatic carbocycles. The Morgan fingerprint density at radius 3 is 0.843 bits per heavy atom. The number of hydrogen-bond donors (Lipinski definition) is 0. The number of para-hydroxylation sites is 2. The van der Waals surface area contributed by atoms with Crippen molar-refractivity contribution in [3.63, 3.8) is 0 Å². The van der Waals surface area contributed by atoms with E-state index in [4.69, 9.17) is 19.9 Å². The molecule has 134 heavy (non-hydrogen) atoms. The van der Waals surface area contributed by atoms with Gasteiger partial charge in [-0.15, -0.1) is 0 Å². The first kappa shape index (κ1) is 84.4. The first-order valence-electron chi connectivity index (χ1n) is 47.5. The molecule has 6 aromatic heterocycles. The van der Waals surface area contributed by atoms with Gasteiger partial charge in [-0.3, -0.25) is 19.9 Å². The zero-order valence-electron chi connectivity index (χ0n) is 79.6. The number of pyridine rings is 4. The number of nitrogens with zero attached hydrogens (tertiary/aromatic N) is 8. The summed E-state index contributed by atoms with van der Waals surface area (Å²) in [6.07, 6.45) is 0. The number of aryl methyl sites for hydroxylation is 10. The molecular weight excluding hydrogens is 1630 g/mol. The van der Waals surface area contributed by atoms with Crippen molar-refractivity contribution in [2.75, 3.05) is 0 Å². The predicted octanol–water partition coefficient (Wildman–Crippen LogP) is 34.4. The molecule has 650 valence electrons. The molecule has 0 fully saturated rings. The van der Waals surface area contributed by atoms with E-state index in [1.54, 1.807) is 0 Å². The molecule has 0 atom stereocenters. The maximum absolute atomic E-state index is 5.19. The molecule has 0 aliphatic heterocycles. The van der Waals surface area contributed by atoms with E-state index in [2.05, 4.69) is 422 Å². The maximum Gasteiger partial charge on any atom is 0.0717 e. The number of hydrogen-bond acceptors (Lipinski definition) is 8. The van der Waals surface area contributed by atoms with E-state index in [1.807, 2.05) is 13.8 Å². The summed E-state index contributed by atoms with van der Waals surface area (Å²) in [7, 11) is 0. The van der Waals surface area contributed by atoms with Crippen LogP contribution in [0.5, 0.6) is 0 Å². The van der Waals surface area contributed by atoms with E-state index in [0.29, 0.717) is 23.7 Å². The molecule has 0 saturated carbocycles. The van der Waals surface area contributed by atoms with Crippen LogP contribution in [0.3, 0.4) is 0 Å². The normalized spacial score (nSPS) is 12.1. The number of benzene rings is 18. The Bertz CT molecular complexity index is 8440. The third-order valence-electron chi connectivity index (χ3n) is 28.6. The average Bonchev–Trinajstić information content (AvgIpc) is 0.705. The molecule has 0 bridgehead atoms. The minimum Gasteiger partial charge on any atom is -0.253 e. The third kappa shape index (κ3) is 14.0. The van der Waals surface area contributed by atoms with Crippen molar-refractivity contribution in [2.45, 2.75) is 148 Å². The Morgan fingerprint density at radius 1 is 0.172 bits per heavy atom. The molecule has 8 heteroatoms. The topological polar surface area (TPSA) is 103 Å². The molecule has 0 amide bonds. The van der Waals surface area contributed by atoms with Gasteiger partial charge in [0, 0.05) is 66.6 Å². The summed E-state index contributed by atoms with van der Waals surface area (Å²) in [5.41, 5.74) is 37.1. The first-order valence-corrected chi connectivity index (χ1v) is 47.5. The van der Waals surface area contributed by atoms with Crippen molar-refractivity contribution in [3.05, 3.63) is 370 Å². The highest BCUT2D eigenvalue weighted by Crippen LogP contribution is 2.55. The van der Waals surface area contributed by atoms with Crippen LogP contribution in [0.25, 0.3) is 230 Å². The van der Waals surface area contributed by atoms with Gasteiger partial charge < -0.3 is 0 Å². The smallest absolute Gasteiger partial charge is 0.0717 e. The predicted molar refractivity (Wildman–Crippen MR) is 570 cm³/mol. The minimum absolute atomic E-state index is 0.369. The van der Waals surface area contributed by atoms with Gasteiger partial charge in [0.25, 0.3) is 0 Å². The lowest BCUT2D eigenvalue weighted by atomic mass is 9.80. The van der Waals surface area contributed by atoms with Gasteiger partial charge in [-0.1, -0.05) is 262 Å². The highest BCUT2D eigenvalue weighted by molar-refractivity contribution is 6.35. The van der Waals surface area contributed by atoms with Crippen LogP contribution in [0, 0.1) is 69.2 Å². The molecule has 8 nitrogen and oxygen atoms in total. The Balaban J connectivity index is 0.000000119. The molecule has 24 rings (SSSR count). The van der Waals surface area contributed by atoms with Crippen molar-refractivity contribution in [3.8, 4) is 89.3 Å². The van der Waals surface area contributed by atoms with Crippen molar-refractivity contribution < 1.29 is 0 Å². The lowest BCUT2D eigenvalue weighted by Crippen LogP contribution is -2.01. The number of rotatable bonds is 12. The van der Waals surface area contributed by atoms with E-state index in [0.717, 1.165) is 79.1 Å². The van der Waals surface area contributed by atoms with Gasteiger partial charge in [0.1, 0.15) is 0 Å². The average molecular weight is 1730 g/mol. The van der Waals surface area contributed by atoms with E-state index in [-0.39, 0.29) is 0 Å². The largest absolute Gasteiger partial charge is 0.253 e. The lowest BCUT2D eigenvalue weighted by molar-refractivity contribution is 0.876. The molecule has 0 saturated heterocycles. The van der Waals surface area contributed by atoms with Crippen LogP contribution in [0.1, 0.15) is 158 Å². The third-order valence-corrected chi connectivity index (χ3v) is 28.6. The lowest BCUT2D eigenvalue weighted by Gasteiger charge is -2.23. The minimum atomic E-state index is 0.369. The first-order chi connectivity index (χ1) is 64.9. The second-order valence-corrected chi connectivity index (χ2v) is 38.7. The highest BCUT2D eigenvalue weighted by atomic mass is 15.1. The molecule has 24 aromatic rings. The van der Waals surface area contributed by atoms with Gasteiger partial charge in [0.05, 0.1) is 45.2 Å². The SMILES string of the molecule is Cc1cc(-c2ccc3c(-c4ccccc4C)cc4c(-c5cc(C)nc6ccccc56)ccc5c(-c6ccccc6C)cc2c3c54)c2ccccc2n1.Cc1cc(-c2ccc3c(C(C)C)cc4c(-c5cc(C)nnc5C)ccc5c(C(C)C)cc2c3c45)c(C)nn1.Cc1nc(-c2cc(C(C)C)c3ccc4c(-c5cc6ccccc6c(C)n5)cc(C(C)C)c5ccc2c3c45)cc2ccccc12. The fraction of sp³-hybridized carbons (Fsp3) is 0.175. The fourth-order valence-corrected chi connectivity index (χ4v) is 22.2. The fourth-order valence-electron chi connectivity index (χ4n) is 22.2. The summed E-state index contributed by atoms with van der Waals surface area (Å²) in [4.78, 5) is 20.3. The van der Waals surface area contributed by atoms with Crippen LogP contribution in [-0.2, 0) is 0 Å². The summed E-state index contributed by atoms with van der Waals surface area (Å²) in [5, 5.41) is 48.3. The van der Waals surface area contributed by atoms with E-state index >= 15 is 0 Å². The van der Waals surface area contributed by atoms with Crippen molar-refractivity contribution in [1.29, 1.82) is 0 Å². The summed E-state index contributed by atoms with van der Waals surface area (Å²) in [5.74, 6) is 1.51. The van der Waals surface area contributed by atoms with Crippen molar-refractivity contribution in [2.24, 2.45) is 0 Å². The van der Waals surface area contributed by atoms with Crippen LogP contribution in [0.4, 0.5) is 0 Å².